The minimum absolute atomic E-state index is 0.0470. The molecule has 0 aliphatic heterocycles. The highest BCUT2D eigenvalue weighted by Gasteiger charge is 2.16. The number of alkyl carbamates (subject to hydrolysis) is 1. The number of anilines is 1. The van der Waals surface area contributed by atoms with Crippen LogP contribution in [0.15, 0.2) is 18.2 Å². The van der Waals surface area contributed by atoms with Crippen LogP contribution in [0.5, 0.6) is 0 Å². The van der Waals surface area contributed by atoms with Gasteiger partial charge in [0.1, 0.15) is 11.4 Å². The molecule has 1 aromatic carbocycles. The van der Waals surface area contributed by atoms with Gasteiger partial charge in [-0.1, -0.05) is 0 Å². The highest BCUT2D eigenvalue weighted by Crippen LogP contribution is 2.23. The monoisotopic (exact) mass is 455 g/mol. The molecule has 0 aliphatic carbocycles. The summed E-state index contributed by atoms with van der Waals surface area (Å²) in [7, 11) is 0. The summed E-state index contributed by atoms with van der Waals surface area (Å²) in [5.41, 5.74) is 2.18. The SMILES string of the molecule is Cc1nnc2c(NCCCCNC(=O)OC(C)(C)C)nc3cc(C(=O)NC(C)C)ccc3n12. The topological polar surface area (TPSA) is 123 Å². The van der Waals surface area contributed by atoms with E-state index in [9.17, 15) is 9.59 Å². The second-order valence-electron chi connectivity index (χ2n) is 9.26. The first-order valence-corrected chi connectivity index (χ1v) is 11.2. The van der Waals surface area contributed by atoms with Crippen molar-refractivity contribution in [3.63, 3.8) is 0 Å². The van der Waals surface area contributed by atoms with Crippen LogP contribution in [0.25, 0.3) is 16.7 Å². The van der Waals surface area contributed by atoms with Crippen molar-refractivity contribution < 1.29 is 14.3 Å². The molecule has 0 fully saturated rings. The van der Waals surface area contributed by atoms with Crippen LogP contribution < -0.4 is 16.0 Å². The Morgan fingerprint density at radius 3 is 2.55 bits per heavy atom. The Balaban J connectivity index is 1.69. The van der Waals surface area contributed by atoms with Crippen LogP contribution in [0, 0.1) is 6.92 Å². The third-order valence-electron chi connectivity index (χ3n) is 4.73. The van der Waals surface area contributed by atoms with Gasteiger partial charge in [-0.25, -0.2) is 9.78 Å². The second kappa shape index (κ2) is 10.0. The second-order valence-corrected chi connectivity index (χ2v) is 9.26. The Bertz CT molecular complexity index is 1150. The molecule has 0 aliphatic rings. The van der Waals surface area contributed by atoms with E-state index in [4.69, 9.17) is 9.72 Å². The third kappa shape index (κ3) is 6.30. The van der Waals surface area contributed by atoms with Crippen molar-refractivity contribution in [3.8, 4) is 0 Å². The van der Waals surface area contributed by atoms with Crippen molar-refractivity contribution in [3.05, 3.63) is 29.6 Å². The van der Waals surface area contributed by atoms with Crippen LogP contribution >= 0.6 is 0 Å². The lowest BCUT2D eigenvalue weighted by Gasteiger charge is -2.19. The van der Waals surface area contributed by atoms with Gasteiger partial charge in [0.05, 0.1) is 11.0 Å². The van der Waals surface area contributed by atoms with E-state index in [1.165, 1.54) is 0 Å². The maximum Gasteiger partial charge on any atom is 0.407 e. The number of nitrogens with zero attached hydrogens (tertiary/aromatic N) is 4. The Hall–Kier alpha value is -3.43. The van der Waals surface area contributed by atoms with Gasteiger partial charge >= 0.3 is 6.09 Å². The van der Waals surface area contributed by atoms with Crippen LogP contribution in [-0.2, 0) is 4.74 Å². The minimum Gasteiger partial charge on any atom is -0.444 e. The molecule has 2 heterocycles. The molecule has 3 rings (SSSR count). The molecule has 2 aromatic heterocycles. The predicted octanol–water partition coefficient (Wildman–Crippen LogP) is 3.44. The van der Waals surface area contributed by atoms with Gasteiger partial charge in [-0.15, -0.1) is 10.2 Å². The molecule has 0 saturated heterocycles. The molecule has 0 saturated carbocycles. The van der Waals surface area contributed by atoms with E-state index in [-0.39, 0.29) is 11.9 Å². The molecule has 2 amide bonds. The van der Waals surface area contributed by atoms with Gasteiger partial charge in [0.2, 0.25) is 5.65 Å². The normalized spacial score (nSPS) is 11.7. The maximum absolute atomic E-state index is 12.4. The molecular weight excluding hydrogens is 422 g/mol. The summed E-state index contributed by atoms with van der Waals surface area (Å²) in [5, 5.41) is 17.5. The van der Waals surface area contributed by atoms with Gasteiger partial charge in [0.15, 0.2) is 5.82 Å². The summed E-state index contributed by atoms with van der Waals surface area (Å²) in [6.07, 6.45) is 1.18. The average Bonchev–Trinajstić information content (AvgIpc) is 3.10. The van der Waals surface area contributed by atoms with E-state index < -0.39 is 11.7 Å². The van der Waals surface area contributed by atoms with E-state index in [2.05, 4.69) is 26.1 Å². The fraction of sp³-hybridized carbons (Fsp3) is 0.522. The number of fused-ring (bicyclic) bond motifs is 3. The molecule has 10 nitrogen and oxygen atoms in total. The molecule has 10 heteroatoms. The number of aromatic nitrogens is 4. The first-order valence-electron chi connectivity index (χ1n) is 11.2. The van der Waals surface area contributed by atoms with Crippen LogP contribution in [-0.4, -0.2) is 56.3 Å². The smallest absolute Gasteiger partial charge is 0.407 e. The Morgan fingerprint density at radius 2 is 1.85 bits per heavy atom. The van der Waals surface area contributed by atoms with Crippen molar-refractivity contribution in [2.75, 3.05) is 18.4 Å². The third-order valence-corrected chi connectivity index (χ3v) is 4.73. The first kappa shape index (κ1) is 24.2. The van der Waals surface area contributed by atoms with Crippen LogP contribution in [0.4, 0.5) is 10.6 Å². The van der Waals surface area contributed by atoms with Crippen molar-refractivity contribution in [1.29, 1.82) is 0 Å². The summed E-state index contributed by atoms with van der Waals surface area (Å²) in [6.45, 7) is 12.4. The summed E-state index contributed by atoms with van der Waals surface area (Å²) in [6, 6.07) is 5.48. The zero-order chi connectivity index (χ0) is 24.2. The van der Waals surface area contributed by atoms with Crippen LogP contribution in [0.1, 0.15) is 63.6 Å². The number of carbonyl (C=O) groups is 2. The van der Waals surface area contributed by atoms with Gasteiger partial charge in [-0.3, -0.25) is 9.20 Å². The summed E-state index contributed by atoms with van der Waals surface area (Å²) < 4.78 is 7.16. The molecular formula is C23H33N7O3. The largest absolute Gasteiger partial charge is 0.444 e. The number of ether oxygens (including phenoxy) is 1. The molecule has 0 unspecified atom stereocenters. The lowest BCUT2D eigenvalue weighted by molar-refractivity contribution is 0.0527. The zero-order valence-corrected chi connectivity index (χ0v) is 20.2. The molecule has 178 valence electrons. The van der Waals surface area contributed by atoms with Crippen molar-refractivity contribution in [2.45, 2.75) is 66.0 Å². The van der Waals surface area contributed by atoms with Gasteiger partial charge < -0.3 is 20.7 Å². The lowest BCUT2D eigenvalue weighted by atomic mass is 10.1. The molecule has 0 spiro atoms. The van der Waals surface area contributed by atoms with Crippen LogP contribution in [0.3, 0.4) is 0 Å². The summed E-state index contributed by atoms with van der Waals surface area (Å²) in [5.74, 6) is 1.20. The fourth-order valence-corrected chi connectivity index (χ4v) is 3.34. The molecule has 33 heavy (non-hydrogen) atoms. The molecule has 3 aromatic rings. The van der Waals surface area contributed by atoms with Crippen LogP contribution in [0.2, 0.25) is 0 Å². The molecule has 0 radical (unpaired) electrons. The standard InChI is InChI=1S/C23H33N7O3/c1-14(2)26-21(31)16-9-10-18-17(13-16)27-19(20-29-28-15(3)30(18)20)24-11-7-8-12-25-22(32)33-23(4,5)6/h9-10,13-14H,7-8,11-12H2,1-6H3,(H,24,27)(H,25,32)(H,26,31). The first-order chi connectivity index (χ1) is 15.5. The number of nitrogens with one attached hydrogen (secondary N) is 3. The number of aryl methyl sites for hydroxylation is 1. The van der Waals surface area contributed by atoms with E-state index in [1.54, 1.807) is 12.1 Å². The highest BCUT2D eigenvalue weighted by molar-refractivity contribution is 5.98. The Labute approximate surface area is 193 Å². The van der Waals surface area contributed by atoms with Gasteiger partial charge in [-0.2, -0.15) is 0 Å². The average molecular weight is 456 g/mol. The molecule has 0 atom stereocenters. The summed E-state index contributed by atoms with van der Waals surface area (Å²) in [4.78, 5) is 28.9. The number of carbonyl (C=O) groups excluding carboxylic acids is 2. The number of amides is 2. The van der Waals surface area contributed by atoms with E-state index in [0.717, 1.165) is 24.2 Å². The van der Waals surface area contributed by atoms with E-state index in [0.29, 0.717) is 35.6 Å². The van der Waals surface area contributed by atoms with Gasteiger partial charge in [-0.05, 0) is 72.6 Å². The lowest BCUT2D eigenvalue weighted by Crippen LogP contribution is -2.33. The zero-order valence-electron chi connectivity index (χ0n) is 20.2. The molecule has 0 bridgehead atoms. The predicted molar refractivity (Wildman–Crippen MR) is 128 cm³/mol. The fourth-order valence-electron chi connectivity index (χ4n) is 3.34. The molecule has 3 N–H and O–H groups in total. The van der Waals surface area contributed by atoms with E-state index in [1.807, 2.05) is 52.0 Å². The number of hydrogen-bond donors (Lipinski definition) is 3. The van der Waals surface area contributed by atoms with Crippen molar-refractivity contribution in [2.24, 2.45) is 0 Å². The number of rotatable bonds is 8. The minimum atomic E-state index is -0.509. The Kier molecular flexibility index (Phi) is 7.35. The van der Waals surface area contributed by atoms with E-state index >= 15 is 0 Å². The van der Waals surface area contributed by atoms with Gasteiger partial charge in [0.25, 0.3) is 5.91 Å². The summed E-state index contributed by atoms with van der Waals surface area (Å²) >= 11 is 0. The number of unbranched alkanes of at least 4 members (excludes halogenated alkanes) is 1. The number of benzene rings is 1. The van der Waals surface area contributed by atoms with Crippen molar-refractivity contribution >= 4 is 34.5 Å². The Morgan fingerprint density at radius 1 is 1.12 bits per heavy atom. The highest BCUT2D eigenvalue weighted by atomic mass is 16.6. The maximum atomic E-state index is 12.4. The van der Waals surface area contributed by atoms with Gasteiger partial charge in [0, 0.05) is 24.7 Å². The number of hydrogen-bond acceptors (Lipinski definition) is 7. The quantitative estimate of drug-likeness (QED) is 0.445. The van der Waals surface area contributed by atoms with Crippen molar-refractivity contribution in [1.82, 2.24) is 30.2 Å².